The highest BCUT2D eigenvalue weighted by atomic mass is 32.2. The molecule has 0 unspecified atom stereocenters. The summed E-state index contributed by atoms with van der Waals surface area (Å²) in [6, 6.07) is 8.43. The van der Waals surface area contributed by atoms with E-state index in [4.69, 9.17) is 9.47 Å². The molecule has 0 heterocycles. The zero-order chi connectivity index (χ0) is 25.5. The fourth-order valence-electron chi connectivity index (χ4n) is 4.78. The highest BCUT2D eigenvalue weighted by Gasteiger charge is 2.32. The lowest BCUT2D eigenvalue weighted by atomic mass is 9.90. The van der Waals surface area contributed by atoms with Crippen molar-refractivity contribution in [2.45, 2.75) is 44.4 Å². The second-order valence-corrected chi connectivity index (χ2v) is 11.1. The molecular formula is C30H32O4S. The summed E-state index contributed by atoms with van der Waals surface area (Å²) in [5.74, 6) is 0.947. The Morgan fingerprint density at radius 2 is 1.43 bits per heavy atom. The van der Waals surface area contributed by atoms with E-state index in [0.29, 0.717) is 17.4 Å². The molecule has 0 amide bonds. The van der Waals surface area contributed by atoms with E-state index in [-0.39, 0.29) is 9.79 Å². The Labute approximate surface area is 208 Å². The van der Waals surface area contributed by atoms with E-state index in [0.717, 1.165) is 38.3 Å². The maximum Gasteiger partial charge on any atom is 0.213 e. The van der Waals surface area contributed by atoms with Gasteiger partial charge in [0, 0.05) is 10.8 Å². The molecule has 0 aromatic heterocycles. The molecule has 0 saturated heterocycles. The molecule has 0 fully saturated rings. The number of hydrogen-bond acceptors (Lipinski definition) is 4. The monoisotopic (exact) mass is 488 g/mol. The summed E-state index contributed by atoms with van der Waals surface area (Å²) in [7, 11) is -0.912. The molecule has 2 aromatic rings. The quantitative estimate of drug-likeness (QED) is 0.580. The van der Waals surface area contributed by atoms with Gasteiger partial charge in [0.1, 0.15) is 11.5 Å². The summed E-state index contributed by atoms with van der Waals surface area (Å²) in [5.41, 5.74) is 6.16. The summed E-state index contributed by atoms with van der Waals surface area (Å²) in [6.45, 7) is 10.4. The number of allylic oxidation sites excluding steroid dienone is 8. The van der Waals surface area contributed by atoms with Gasteiger partial charge in [-0.1, -0.05) is 62.4 Å². The van der Waals surface area contributed by atoms with Crippen molar-refractivity contribution in [3.63, 3.8) is 0 Å². The van der Waals surface area contributed by atoms with Crippen LogP contribution in [0, 0.1) is 12.8 Å². The Bertz CT molecular complexity index is 1550. The third-order valence-electron chi connectivity index (χ3n) is 6.73. The number of sulfone groups is 1. The second kappa shape index (κ2) is 9.38. The molecule has 5 heteroatoms. The van der Waals surface area contributed by atoms with Gasteiger partial charge in [0.15, 0.2) is 4.90 Å². The molecule has 0 spiro atoms. The first-order valence-corrected chi connectivity index (χ1v) is 13.2. The van der Waals surface area contributed by atoms with Gasteiger partial charge in [-0.2, -0.15) is 0 Å². The first-order valence-electron chi connectivity index (χ1n) is 11.7. The predicted molar refractivity (Wildman–Crippen MR) is 142 cm³/mol. The Morgan fingerprint density at radius 1 is 0.800 bits per heavy atom. The Balaban J connectivity index is 2.28. The van der Waals surface area contributed by atoms with Crippen molar-refractivity contribution in [3.8, 4) is 11.5 Å². The van der Waals surface area contributed by atoms with Gasteiger partial charge in [-0.25, -0.2) is 8.42 Å². The van der Waals surface area contributed by atoms with Crippen molar-refractivity contribution < 1.29 is 17.9 Å². The van der Waals surface area contributed by atoms with Crippen molar-refractivity contribution >= 4 is 21.5 Å². The first kappa shape index (κ1) is 24.8. The zero-order valence-electron chi connectivity index (χ0n) is 21.4. The number of fused-ring (bicyclic) bond motifs is 2. The molecule has 4 nitrogen and oxygen atoms in total. The maximum absolute atomic E-state index is 14.0. The van der Waals surface area contributed by atoms with Crippen molar-refractivity contribution in [2.24, 2.45) is 5.92 Å². The SMILES string of the molecule is COc1c(S(=O)(=O)c2ccccc2)c(OC)c2c(c1C)=CC=C(C)C1=CC(C(C)C)=CC=C(C)C=21. The van der Waals surface area contributed by atoms with Gasteiger partial charge < -0.3 is 9.47 Å². The smallest absolute Gasteiger partial charge is 0.213 e. The lowest BCUT2D eigenvalue weighted by molar-refractivity contribution is 0.368. The molecule has 182 valence electrons. The summed E-state index contributed by atoms with van der Waals surface area (Å²) in [4.78, 5) is 0.249. The third-order valence-corrected chi connectivity index (χ3v) is 8.53. The van der Waals surface area contributed by atoms with Crippen molar-refractivity contribution in [3.05, 3.63) is 92.9 Å². The molecule has 0 aliphatic heterocycles. The highest BCUT2D eigenvalue weighted by Crippen LogP contribution is 2.39. The van der Waals surface area contributed by atoms with Crippen molar-refractivity contribution in [1.29, 1.82) is 0 Å². The van der Waals surface area contributed by atoms with Gasteiger partial charge in [-0.15, -0.1) is 0 Å². The minimum atomic E-state index is -3.94. The van der Waals surface area contributed by atoms with Crippen LogP contribution < -0.4 is 19.9 Å². The van der Waals surface area contributed by atoms with Crippen LogP contribution in [0.4, 0.5) is 0 Å². The Kier molecular flexibility index (Phi) is 6.65. The molecule has 0 bridgehead atoms. The highest BCUT2D eigenvalue weighted by molar-refractivity contribution is 7.91. The molecule has 0 saturated carbocycles. The van der Waals surface area contributed by atoms with Crippen LogP contribution in [-0.4, -0.2) is 22.6 Å². The van der Waals surface area contributed by atoms with Crippen molar-refractivity contribution in [2.75, 3.05) is 14.2 Å². The Hall–Kier alpha value is -3.31. The van der Waals surface area contributed by atoms with Gasteiger partial charge in [-0.05, 0) is 71.9 Å². The van der Waals surface area contributed by atoms with E-state index in [1.165, 1.54) is 19.8 Å². The lowest BCUT2D eigenvalue weighted by Crippen LogP contribution is -2.34. The van der Waals surface area contributed by atoms with Crippen LogP contribution in [0.15, 0.2) is 86.7 Å². The molecule has 0 atom stereocenters. The van der Waals surface area contributed by atoms with Crippen LogP contribution >= 0.6 is 0 Å². The molecule has 0 N–H and O–H groups in total. The average molecular weight is 489 g/mol. The second-order valence-electron chi connectivity index (χ2n) is 9.25. The van der Waals surface area contributed by atoms with Crippen LogP contribution in [0.1, 0.15) is 33.3 Å². The van der Waals surface area contributed by atoms with Gasteiger partial charge in [0.05, 0.1) is 19.1 Å². The summed E-state index contributed by atoms with van der Waals surface area (Å²) in [5, 5.41) is 1.66. The van der Waals surface area contributed by atoms with Crippen LogP contribution in [0.25, 0.3) is 11.6 Å². The standard InChI is InChI=1S/C30H32O4S/c1-18(2)22-15-13-20(4)26-25(17-22)19(3)14-16-24-21(5)28(33-6)30(29(34-7)27(24)26)35(31,32)23-11-9-8-10-12-23/h8-18H,1-7H3. The average Bonchev–Trinajstić information content (AvgIpc) is 3.10. The number of rotatable bonds is 5. The van der Waals surface area contributed by atoms with E-state index in [1.807, 2.05) is 13.0 Å². The van der Waals surface area contributed by atoms with E-state index < -0.39 is 9.84 Å². The van der Waals surface area contributed by atoms with Gasteiger partial charge in [-0.3, -0.25) is 0 Å². The van der Waals surface area contributed by atoms with Crippen molar-refractivity contribution in [1.82, 2.24) is 0 Å². The van der Waals surface area contributed by atoms with E-state index in [2.05, 4.69) is 52.0 Å². The minimum absolute atomic E-state index is 0.0545. The Morgan fingerprint density at radius 3 is 2.03 bits per heavy atom. The predicted octanol–water partition coefficient (Wildman–Crippen LogP) is 5.20. The molecule has 2 aliphatic carbocycles. The normalized spacial score (nSPS) is 15.5. The fraction of sp³-hybridized carbons (Fsp3) is 0.267. The molecular weight excluding hydrogens is 456 g/mol. The van der Waals surface area contributed by atoms with Crippen LogP contribution in [-0.2, 0) is 9.84 Å². The summed E-state index contributed by atoms with van der Waals surface area (Å²) >= 11 is 0. The number of ether oxygens (including phenoxy) is 2. The molecule has 2 aliphatic rings. The number of hydrogen-bond donors (Lipinski definition) is 0. The van der Waals surface area contributed by atoms with E-state index in [1.54, 1.807) is 30.3 Å². The molecule has 35 heavy (non-hydrogen) atoms. The van der Waals surface area contributed by atoms with Crippen LogP contribution in [0.3, 0.4) is 0 Å². The molecule has 2 aromatic carbocycles. The lowest BCUT2D eigenvalue weighted by Gasteiger charge is -2.20. The maximum atomic E-state index is 14.0. The number of benzene rings is 2. The molecule has 0 radical (unpaired) electrons. The van der Waals surface area contributed by atoms with E-state index >= 15 is 0 Å². The van der Waals surface area contributed by atoms with Gasteiger partial charge in [0.2, 0.25) is 9.84 Å². The van der Waals surface area contributed by atoms with Gasteiger partial charge >= 0.3 is 0 Å². The minimum Gasteiger partial charge on any atom is -0.495 e. The van der Waals surface area contributed by atoms with Gasteiger partial charge in [0.25, 0.3) is 0 Å². The zero-order valence-corrected chi connectivity index (χ0v) is 22.2. The number of methoxy groups -OCH3 is 2. The summed E-state index contributed by atoms with van der Waals surface area (Å²) in [6.07, 6.45) is 10.6. The topological polar surface area (TPSA) is 52.6 Å². The largest absolute Gasteiger partial charge is 0.495 e. The van der Waals surface area contributed by atoms with E-state index in [9.17, 15) is 8.42 Å². The van der Waals surface area contributed by atoms with Crippen LogP contribution in [0.2, 0.25) is 0 Å². The third kappa shape index (κ3) is 4.08. The fourth-order valence-corrected chi connectivity index (χ4v) is 6.44. The van der Waals surface area contributed by atoms with Crippen LogP contribution in [0.5, 0.6) is 11.5 Å². The first-order chi connectivity index (χ1) is 16.6. The molecule has 4 rings (SSSR count). The summed E-state index contributed by atoms with van der Waals surface area (Å²) < 4.78 is 39.7.